The zero-order valence-corrected chi connectivity index (χ0v) is 39.1. The number of aliphatic hydroxyl groups excluding tert-OH is 1. The van der Waals surface area contributed by atoms with Gasteiger partial charge in [0.15, 0.2) is 5.75 Å². The lowest BCUT2D eigenvalue weighted by molar-refractivity contribution is -0.118. The van der Waals surface area contributed by atoms with Gasteiger partial charge in [-0.15, -0.1) is 11.6 Å². The van der Waals surface area contributed by atoms with Gasteiger partial charge >= 0.3 is 12.1 Å². The molecule has 0 radical (unpaired) electrons. The second-order valence-corrected chi connectivity index (χ2v) is 19.5. The highest BCUT2D eigenvalue weighted by atomic mass is 35.5. The molecular formula is C47H53ClN6O9S2. The topological polar surface area (TPSA) is 165 Å². The number of methoxy groups -OCH3 is 1. The third kappa shape index (κ3) is 10.2. The molecule has 3 atom stereocenters. The molecule has 3 aliphatic rings. The van der Waals surface area contributed by atoms with Crippen LogP contribution >= 0.6 is 33.2 Å². The number of fused-ring (bicyclic) bond motifs is 5. The summed E-state index contributed by atoms with van der Waals surface area (Å²) < 4.78 is 25.3. The fourth-order valence-electron chi connectivity index (χ4n) is 8.66. The van der Waals surface area contributed by atoms with E-state index in [1.807, 2.05) is 62.5 Å². The second-order valence-electron chi connectivity index (χ2n) is 16.6. The Kier molecular flexibility index (Phi) is 15.0. The van der Waals surface area contributed by atoms with E-state index in [9.17, 15) is 24.3 Å². The number of ether oxygens (including phenoxy) is 4. The summed E-state index contributed by atoms with van der Waals surface area (Å²) in [6, 6.07) is 16.7. The van der Waals surface area contributed by atoms with Gasteiger partial charge in [-0.25, -0.2) is 19.6 Å². The molecule has 1 N–H and O–H groups in total. The van der Waals surface area contributed by atoms with Gasteiger partial charge in [0, 0.05) is 85.5 Å². The van der Waals surface area contributed by atoms with Crippen molar-refractivity contribution in [1.82, 2.24) is 24.2 Å². The summed E-state index contributed by atoms with van der Waals surface area (Å²) in [7, 11) is 6.46. The highest BCUT2D eigenvalue weighted by Gasteiger charge is 2.36. The number of amides is 2. The van der Waals surface area contributed by atoms with Gasteiger partial charge < -0.3 is 38.8 Å². The third-order valence-electron chi connectivity index (χ3n) is 12.0. The number of aromatic nitrogens is 3. The Morgan fingerprint density at radius 3 is 2.52 bits per heavy atom. The van der Waals surface area contributed by atoms with Crippen LogP contribution in [0.25, 0.3) is 16.3 Å². The summed E-state index contributed by atoms with van der Waals surface area (Å²) in [6.45, 7) is 5.25. The van der Waals surface area contributed by atoms with E-state index in [0.29, 0.717) is 81.2 Å². The standard InChI is InChI=1S/C47H53ClN6O9S2/c1-29(64-65-39-16-8-9-18-49-39)28-62-46(58)43-42-33(14-11-15-36(42)55)50-44(57)35-25-38(60-3)45(54(35)43)61-23-10-4-5-17-40(56)53-27-30(26-48)41-32-13-7-6-12-31(32)37(24-34(41)53)63-47(59)52-21-19-51(2)20-22-52/h6-9,12-13,16,18,24-25,29-30,36,55H,4-5,10-11,14-15,17,19-23,26-28H2,1-3H3. The molecule has 3 unspecified atom stereocenters. The Labute approximate surface area is 390 Å². The van der Waals surface area contributed by atoms with Crippen molar-refractivity contribution < 1.29 is 38.4 Å². The Hall–Kier alpha value is -5.07. The average Bonchev–Trinajstić information content (AvgIpc) is 3.85. The van der Waals surface area contributed by atoms with Gasteiger partial charge in [0.2, 0.25) is 11.8 Å². The van der Waals surface area contributed by atoms with Crippen molar-refractivity contribution in [2.45, 2.75) is 74.2 Å². The lowest BCUT2D eigenvalue weighted by Crippen LogP contribution is -2.48. The fraction of sp³-hybridized carbons (Fsp3) is 0.447. The number of anilines is 1. The minimum Gasteiger partial charge on any atom is -0.491 e. The first kappa shape index (κ1) is 46.5. The molecule has 1 aliphatic carbocycles. The van der Waals surface area contributed by atoms with E-state index in [1.54, 1.807) is 16.0 Å². The summed E-state index contributed by atoms with van der Waals surface area (Å²) in [5.41, 5.74) is 1.70. The van der Waals surface area contributed by atoms with Gasteiger partial charge in [0.1, 0.15) is 28.6 Å². The van der Waals surface area contributed by atoms with Gasteiger partial charge in [-0.2, -0.15) is 0 Å². The fourth-order valence-corrected chi connectivity index (χ4v) is 10.8. The average molecular weight is 946 g/mol. The Morgan fingerprint density at radius 1 is 0.985 bits per heavy atom. The van der Waals surface area contributed by atoms with Crippen LogP contribution in [0.2, 0.25) is 0 Å². The van der Waals surface area contributed by atoms with Crippen LogP contribution in [-0.4, -0.2) is 118 Å². The predicted octanol–water partition coefficient (Wildman–Crippen LogP) is 7.66. The largest absolute Gasteiger partial charge is 0.491 e. The maximum atomic E-state index is 14.2. The molecule has 3 aromatic heterocycles. The first-order chi connectivity index (χ1) is 31.6. The predicted molar refractivity (Wildman–Crippen MR) is 252 cm³/mol. The number of likely N-dealkylation sites (N-methyl/N-ethyl adjacent to an activating group) is 1. The van der Waals surface area contributed by atoms with E-state index in [0.717, 1.165) is 34.5 Å². The number of aryl methyl sites for hydroxylation is 1. The number of nitrogens with zero attached hydrogens (tertiary/aromatic N) is 6. The third-order valence-corrected chi connectivity index (χ3v) is 15.2. The van der Waals surface area contributed by atoms with E-state index in [2.05, 4.69) is 14.9 Å². The van der Waals surface area contributed by atoms with Crippen LogP contribution in [-0.2, 0) is 16.0 Å². The zero-order chi connectivity index (χ0) is 45.6. The minimum absolute atomic E-state index is 0.0264. The van der Waals surface area contributed by atoms with E-state index in [-0.39, 0.29) is 65.1 Å². The molecular weight excluding hydrogens is 892 g/mol. The lowest BCUT2D eigenvalue weighted by atomic mass is 9.92. The molecule has 5 aromatic rings. The van der Waals surface area contributed by atoms with Crippen LogP contribution < -0.4 is 24.7 Å². The molecule has 344 valence electrons. The van der Waals surface area contributed by atoms with Crippen molar-refractivity contribution in [3.63, 3.8) is 0 Å². The van der Waals surface area contributed by atoms with Crippen LogP contribution in [0.5, 0.6) is 17.4 Å². The molecule has 18 heteroatoms. The Balaban J connectivity index is 0.955. The summed E-state index contributed by atoms with van der Waals surface area (Å²) in [5, 5.41) is 13.7. The van der Waals surface area contributed by atoms with Crippen molar-refractivity contribution in [2.75, 3.05) is 70.9 Å². The van der Waals surface area contributed by atoms with E-state index in [4.69, 9.17) is 30.5 Å². The molecule has 65 heavy (non-hydrogen) atoms. The molecule has 8 rings (SSSR count). The number of esters is 1. The van der Waals surface area contributed by atoms with Crippen LogP contribution in [0.3, 0.4) is 0 Å². The number of hydrogen-bond donors (Lipinski definition) is 1. The summed E-state index contributed by atoms with van der Waals surface area (Å²) >= 11 is 6.53. The number of aliphatic hydroxyl groups is 1. The van der Waals surface area contributed by atoms with Gasteiger partial charge in [0.05, 0.1) is 31.2 Å². The monoisotopic (exact) mass is 944 g/mol. The summed E-state index contributed by atoms with van der Waals surface area (Å²) in [4.78, 5) is 69.5. The maximum absolute atomic E-state index is 14.2. The maximum Gasteiger partial charge on any atom is 0.415 e. The van der Waals surface area contributed by atoms with Crippen LogP contribution in [0.1, 0.15) is 84.8 Å². The van der Waals surface area contributed by atoms with E-state index >= 15 is 0 Å². The molecule has 2 amide bonds. The number of unbranched alkanes of at least 4 members (excludes halogenated alkanes) is 2. The molecule has 1 fully saturated rings. The Bertz CT molecular complexity index is 2610. The van der Waals surface area contributed by atoms with Crippen molar-refractivity contribution in [1.29, 1.82) is 0 Å². The van der Waals surface area contributed by atoms with Crippen molar-refractivity contribution in [2.24, 2.45) is 0 Å². The number of benzene rings is 2. The Morgan fingerprint density at radius 2 is 1.77 bits per heavy atom. The molecule has 0 spiro atoms. The smallest absolute Gasteiger partial charge is 0.415 e. The van der Waals surface area contributed by atoms with Crippen molar-refractivity contribution in [3.05, 3.63) is 93.7 Å². The molecule has 1 saturated heterocycles. The number of rotatable bonds is 16. The number of carbonyl (C=O) groups excluding carboxylic acids is 3. The lowest BCUT2D eigenvalue weighted by Gasteiger charge is -2.31. The van der Waals surface area contributed by atoms with E-state index in [1.165, 1.54) is 39.2 Å². The molecule has 15 nitrogen and oxygen atoms in total. The van der Waals surface area contributed by atoms with Crippen molar-refractivity contribution in [3.8, 4) is 17.4 Å². The van der Waals surface area contributed by atoms with Gasteiger partial charge in [-0.1, -0.05) is 41.1 Å². The van der Waals surface area contributed by atoms with Gasteiger partial charge in [-0.3, -0.25) is 14.0 Å². The molecule has 5 heterocycles. The first-order valence-electron chi connectivity index (χ1n) is 22.0. The first-order valence-corrected chi connectivity index (χ1v) is 24.8. The normalized spacial score (nSPS) is 17.7. The second kappa shape index (κ2) is 21.0. The zero-order valence-electron chi connectivity index (χ0n) is 36.7. The quantitative estimate of drug-likeness (QED) is 0.0444. The van der Waals surface area contributed by atoms with Gasteiger partial charge in [-0.05, 0) is 86.4 Å². The van der Waals surface area contributed by atoms with Crippen LogP contribution in [0.4, 0.5) is 10.5 Å². The number of hydrogen-bond acceptors (Lipinski definition) is 14. The van der Waals surface area contributed by atoms with Gasteiger partial charge in [0.25, 0.3) is 5.56 Å². The number of carbonyl (C=O) groups is 3. The molecule has 2 aliphatic heterocycles. The highest BCUT2D eigenvalue weighted by molar-refractivity contribution is 8.76. The summed E-state index contributed by atoms with van der Waals surface area (Å²) in [5.74, 6) is 0.178. The van der Waals surface area contributed by atoms with E-state index < -0.39 is 23.7 Å². The van der Waals surface area contributed by atoms with Crippen molar-refractivity contribution >= 4 is 73.1 Å². The molecule has 2 aromatic carbocycles. The van der Waals surface area contributed by atoms with Crippen LogP contribution in [0.15, 0.2) is 70.6 Å². The molecule has 0 bridgehead atoms. The summed E-state index contributed by atoms with van der Waals surface area (Å²) in [6.07, 6.45) is 3.61. The number of halogens is 1. The SMILES string of the molecule is COc1cc2c(=O)nc3c(c(C(=O)OCC(C)SSc4ccccn4)n2c1OCCCCCC(=O)N1CC(CCl)c2c1cc(OC(=O)N1CCN(C)CC1)c1ccccc21)C(O)CCC3. The number of alkyl halides is 1. The minimum atomic E-state index is -1.06. The highest BCUT2D eigenvalue weighted by Crippen LogP contribution is 2.46. The van der Waals surface area contributed by atoms with Crippen LogP contribution in [0, 0.1) is 0 Å². The number of piperazine rings is 1. The molecule has 0 saturated carbocycles. The number of pyridine rings is 1.